The van der Waals surface area contributed by atoms with Crippen molar-refractivity contribution in [1.29, 1.82) is 5.26 Å². The Hall–Kier alpha value is -3.38. The van der Waals surface area contributed by atoms with Crippen molar-refractivity contribution in [3.8, 4) is 6.07 Å². The van der Waals surface area contributed by atoms with E-state index < -0.39 is 5.91 Å². The molecule has 2 heterocycles. The Bertz CT molecular complexity index is 1160. The topological polar surface area (TPSA) is 107 Å². The minimum Gasteiger partial charge on any atom is -0.360 e. The first-order valence-electron chi connectivity index (χ1n) is 10.3. The Balaban J connectivity index is 1.77. The lowest BCUT2D eigenvalue weighted by molar-refractivity contribution is -0.127. The maximum absolute atomic E-state index is 12.7. The first-order valence-corrected chi connectivity index (χ1v) is 11.1. The van der Waals surface area contributed by atoms with Crippen LogP contribution in [0.15, 0.2) is 35.1 Å². The normalized spacial score (nSPS) is 15.0. The summed E-state index contributed by atoms with van der Waals surface area (Å²) in [4.78, 5) is 38.8. The predicted molar refractivity (Wildman–Crippen MR) is 120 cm³/mol. The summed E-state index contributed by atoms with van der Waals surface area (Å²) in [6.45, 7) is 3.84. The van der Waals surface area contributed by atoms with Gasteiger partial charge in [0, 0.05) is 44.5 Å². The van der Waals surface area contributed by atoms with Gasteiger partial charge in [0.1, 0.15) is 15.3 Å². The van der Waals surface area contributed by atoms with Crippen molar-refractivity contribution in [2.45, 2.75) is 32.7 Å². The minimum atomic E-state index is -0.513. The lowest BCUT2D eigenvalue weighted by Gasteiger charge is -2.15. The van der Waals surface area contributed by atoms with Gasteiger partial charge >= 0.3 is 0 Å². The average molecular weight is 440 g/mol. The van der Waals surface area contributed by atoms with Crippen molar-refractivity contribution in [3.05, 3.63) is 49.9 Å². The third-order valence-electron chi connectivity index (χ3n) is 4.98. The third-order valence-corrected chi connectivity index (χ3v) is 6.11. The molecule has 2 aromatic rings. The number of hydrogen-bond acceptors (Lipinski definition) is 6. The summed E-state index contributed by atoms with van der Waals surface area (Å²) < 4.78 is 2.18. The molecule has 0 spiro atoms. The molecule has 1 fully saturated rings. The van der Waals surface area contributed by atoms with E-state index in [2.05, 4.69) is 10.6 Å². The maximum Gasteiger partial charge on any atom is 0.270 e. The third kappa shape index (κ3) is 5.41. The Morgan fingerprint density at radius 3 is 2.71 bits per heavy atom. The predicted octanol–water partition coefficient (Wildman–Crippen LogP) is 0.583. The molecule has 2 amide bonds. The van der Waals surface area contributed by atoms with Crippen LogP contribution in [0, 0.1) is 11.3 Å². The fourth-order valence-electron chi connectivity index (χ4n) is 3.37. The summed E-state index contributed by atoms with van der Waals surface area (Å²) >= 11 is 1.11. The van der Waals surface area contributed by atoms with Gasteiger partial charge in [-0.2, -0.15) is 5.26 Å². The Morgan fingerprint density at radius 1 is 1.29 bits per heavy atom. The number of nitriles is 1. The Labute approximate surface area is 184 Å². The first kappa shape index (κ1) is 22.3. The van der Waals surface area contributed by atoms with Crippen molar-refractivity contribution in [2.24, 2.45) is 0 Å². The van der Waals surface area contributed by atoms with Crippen LogP contribution < -0.4 is 25.4 Å². The van der Waals surface area contributed by atoms with E-state index in [4.69, 9.17) is 0 Å². The number of carbonyl (C=O) groups excluding carboxylic acids is 2. The van der Waals surface area contributed by atoms with Crippen molar-refractivity contribution < 1.29 is 9.59 Å². The zero-order valence-electron chi connectivity index (χ0n) is 17.4. The number of nitrogens with zero attached hydrogens (tertiary/aromatic N) is 3. The maximum atomic E-state index is 12.7. The summed E-state index contributed by atoms with van der Waals surface area (Å²) in [6.07, 6.45) is 3.67. The summed E-state index contributed by atoms with van der Waals surface area (Å²) in [7, 11) is 0. The number of hydrogen-bond donors (Lipinski definition) is 2. The van der Waals surface area contributed by atoms with Crippen LogP contribution in [0.2, 0.25) is 0 Å². The summed E-state index contributed by atoms with van der Waals surface area (Å²) in [6, 6.07) is 11.4. The van der Waals surface area contributed by atoms with Gasteiger partial charge in [-0.1, -0.05) is 18.2 Å². The number of likely N-dealkylation sites (tertiary alicyclic amines) is 1. The molecule has 1 aliphatic rings. The number of thiazole rings is 1. The highest BCUT2D eigenvalue weighted by Crippen LogP contribution is 2.09. The second-order valence-electron chi connectivity index (χ2n) is 7.06. The van der Waals surface area contributed by atoms with Crippen LogP contribution in [0.25, 0.3) is 11.8 Å². The molecule has 31 heavy (non-hydrogen) atoms. The molecule has 8 nitrogen and oxygen atoms in total. The van der Waals surface area contributed by atoms with E-state index in [1.165, 1.54) is 4.57 Å². The molecule has 2 N–H and O–H groups in total. The van der Waals surface area contributed by atoms with Crippen molar-refractivity contribution in [2.75, 3.05) is 25.0 Å². The van der Waals surface area contributed by atoms with Crippen molar-refractivity contribution in [3.63, 3.8) is 0 Å². The molecule has 3 rings (SSSR count). The van der Waals surface area contributed by atoms with Crippen LogP contribution in [-0.2, 0) is 16.1 Å². The van der Waals surface area contributed by atoms with Crippen LogP contribution in [0.5, 0.6) is 0 Å². The van der Waals surface area contributed by atoms with Crippen LogP contribution in [-0.4, -0.2) is 40.9 Å². The van der Waals surface area contributed by atoms with Gasteiger partial charge in [0.25, 0.3) is 11.5 Å². The standard InChI is InChI=1S/C22H25N5O3S/c1-2-27-21(30)18(15-25-16-8-4-3-5-9-16)31-22(27)17(14-23)20(29)24-11-7-13-26-12-6-10-19(26)28/h3-5,8-9,15,25H,2,6-7,10-13H2,1H3,(H,24,29)/b18-15+,22-17-. The van der Waals surface area contributed by atoms with E-state index in [1.54, 1.807) is 18.0 Å². The number of nitrogens with one attached hydrogen (secondary N) is 2. The smallest absolute Gasteiger partial charge is 0.270 e. The molecule has 1 aliphatic heterocycles. The lowest BCUT2D eigenvalue weighted by atomic mass is 10.3. The number of para-hydroxylation sites is 1. The molecule has 0 unspecified atom stereocenters. The second kappa shape index (κ2) is 10.6. The number of aromatic nitrogens is 1. The fraction of sp³-hybridized carbons (Fsp3) is 0.364. The van der Waals surface area contributed by atoms with E-state index in [0.29, 0.717) is 41.7 Å². The van der Waals surface area contributed by atoms with E-state index in [1.807, 2.05) is 36.4 Å². The second-order valence-corrected chi connectivity index (χ2v) is 8.09. The van der Waals surface area contributed by atoms with Crippen LogP contribution >= 0.6 is 11.3 Å². The molecule has 9 heteroatoms. The zero-order valence-corrected chi connectivity index (χ0v) is 18.2. The molecule has 1 aromatic heterocycles. The highest BCUT2D eigenvalue weighted by Gasteiger charge is 2.19. The van der Waals surface area contributed by atoms with E-state index in [9.17, 15) is 19.6 Å². The van der Waals surface area contributed by atoms with Gasteiger partial charge in [0.2, 0.25) is 5.91 Å². The number of amides is 2. The van der Waals surface area contributed by atoms with Crippen LogP contribution in [0.4, 0.5) is 5.69 Å². The number of carbonyl (C=O) groups is 2. The van der Waals surface area contributed by atoms with Gasteiger partial charge in [0.15, 0.2) is 5.57 Å². The van der Waals surface area contributed by atoms with Crippen molar-refractivity contribution >= 4 is 40.6 Å². The Morgan fingerprint density at radius 2 is 2.06 bits per heavy atom. The summed E-state index contributed by atoms with van der Waals surface area (Å²) in [5.41, 5.74) is 0.498. The van der Waals surface area contributed by atoms with Gasteiger partial charge in [-0.3, -0.25) is 19.0 Å². The van der Waals surface area contributed by atoms with E-state index >= 15 is 0 Å². The number of anilines is 1. The largest absolute Gasteiger partial charge is 0.360 e. The molecule has 0 atom stereocenters. The highest BCUT2D eigenvalue weighted by molar-refractivity contribution is 7.07. The molecule has 1 aromatic carbocycles. The molecule has 1 saturated heterocycles. The van der Waals surface area contributed by atoms with Gasteiger partial charge in [0.05, 0.1) is 0 Å². The molecular formula is C22H25N5O3S. The molecule has 0 radical (unpaired) electrons. The monoisotopic (exact) mass is 439 g/mol. The summed E-state index contributed by atoms with van der Waals surface area (Å²) in [5, 5.41) is 15.4. The van der Waals surface area contributed by atoms with E-state index in [-0.39, 0.29) is 17.0 Å². The van der Waals surface area contributed by atoms with Crippen LogP contribution in [0.3, 0.4) is 0 Å². The first-order chi connectivity index (χ1) is 15.0. The van der Waals surface area contributed by atoms with E-state index in [0.717, 1.165) is 30.0 Å². The van der Waals surface area contributed by atoms with Gasteiger partial charge < -0.3 is 15.5 Å². The molecular weight excluding hydrogens is 414 g/mol. The van der Waals surface area contributed by atoms with Gasteiger partial charge in [-0.05, 0) is 31.9 Å². The SMILES string of the molecule is CCn1c(=O)/c(=C\Nc2ccccc2)s/c1=C(/C#N)C(=O)NCCCN1CCCC1=O. The number of rotatable bonds is 8. The Kier molecular flexibility index (Phi) is 7.62. The molecule has 162 valence electrons. The quantitative estimate of drug-likeness (QED) is 0.585. The molecule has 0 saturated carbocycles. The number of benzene rings is 1. The van der Waals surface area contributed by atoms with Gasteiger partial charge in [-0.15, -0.1) is 11.3 Å². The lowest BCUT2D eigenvalue weighted by Crippen LogP contribution is -2.35. The van der Waals surface area contributed by atoms with Gasteiger partial charge in [-0.25, -0.2) is 0 Å². The summed E-state index contributed by atoms with van der Waals surface area (Å²) in [5.74, 6) is -0.365. The van der Waals surface area contributed by atoms with Crippen molar-refractivity contribution in [1.82, 2.24) is 14.8 Å². The van der Waals surface area contributed by atoms with Crippen LogP contribution in [0.1, 0.15) is 26.2 Å². The molecule has 0 bridgehead atoms. The minimum absolute atomic E-state index is 0.0828. The zero-order chi connectivity index (χ0) is 22.2. The molecule has 0 aliphatic carbocycles. The average Bonchev–Trinajstić information content (AvgIpc) is 3.33. The highest BCUT2D eigenvalue weighted by atomic mass is 32.1. The fourth-order valence-corrected chi connectivity index (χ4v) is 4.46.